The Morgan fingerprint density at radius 1 is 1.45 bits per heavy atom. The summed E-state index contributed by atoms with van der Waals surface area (Å²) in [5.41, 5.74) is 1.79. The Labute approximate surface area is 111 Å². The molecule has 62 valence electrons. The molecule has 4 N–H and O–H groups in total. The van der Waals surface area contributed by atoms with Crippen molar-refractivity contribution in [2.45, 2.75) is 0 Å². The molecular formula is C3H9KNO4PS. The van der Waals surface area contributed by atoms with E-state index in [0.29, 0.717) is 0 Å². The summed E-state index contributed by atoms with van der Waals surface area (Å²) in [6.07, 6.45) is 1.77. The van der Waals surface area contributed by atoms with Crippen LogP contribution in [0, 0.1) is 0 Å². The number of aromatic nitrogens is 1. The van der Waals surface area contributed by atoms with E-state index in [1.54, 1.807) is 23.0 Å². The quantitative estimate of drug-likeness (QED) is 0.438. The second-order valence-corrected chi connectivity index (χ2v) is 2.28. The van der Waals surface area contributed by atoms with E-state index >= 15 is 0 Å². The third-order valence-electron chi connectivity index (χ3n) is 0.347. The maximum Gasteiger partial charge on any atom is 0.0791 e. The number of thiazole rings is 1. The zero-order valence-electron chi connectivity index (χ0n) is 4.89. The van der Waals surface area contributed by atoms with Crippen molar-refractivity contribution >= 4 is 71.0 Å². The smallest absolute Gasteiger partial charge is 0.0791 e. The van der Waals surface area contributed by atoms with Crippen LogP contribution in [-0.2, 0) is 4.57 Å². The molecule has 0 aliphatic heterocycles. The van der Waals surface area contributed by atoms with Crippen molar-refractivity contribution in [1.82, 2.24) is 4.98 Å². The van der Waals surface area contributed by atoms with Crippen molar-refractivity contribution in [2.24, 2.45) is 0 Å². The second kappa shape index (κ2) is 13.9. The van der Waals surface area contributed by atoms with Gasteiger partial charge in [-0.05, 0) is 0 Å². The van der Waals surface area contributed by atoms with Crippen LogP contribution in [0.2, 0.25) is 0 Å². The molecule has 0 saturated carbocycles. The fraction of sp³-hybridized carbons (Fsp3) is 0. The molecule has 5 nitrogen and oxygen atoms in total. The Kier molecular flexibility index (Phi) is 23.1. The van der Waals surface area contributed by atoms with Crippen molar-refractivity contribution in [2.75, 3.05) is 0 Å². The Morgan fingerprint density at radius 3 is 2.00 bits per heavy atom. The van der Waals surface area contributed by atoms with Crippen LogP contribution in [0.25, 0.3) is 0 Å². The summed E-state index contributed by atoms with van der Waals surface area (Å²) in [5, 5.41) is 1.93. The van der Waals surface area contributed by atoms with Gasteiger partial charge in [0.05, 0.1) is 5.51 Å². The molecule has 0 atom stereocenters. The Morgan fingerprint density at radius 2 is 1.91 bits per heavy atom. The van der Waals surface area contributed by atoms with Crippen molar-refractivity contribution in [1.29, 1.82) is 0 Å². The molecule has 0 saturated heterocycles. The fourth-order valence-electron chi connectivity index (χ4n) is 0.176. The van der Waals surface area contributed by atoms with Gasteiger partial charge >= 0.3 is 59.6 Å². The SMILES string of the molecule is O.O=[PH](O)O.[KH].c1cscn1. The fourth-order valence-corrected chi connectivity index (χ4v) is 0.527. The van der Waals surface area contributed by atoms with Crippen LogP contribution >= 0.6 is 19.6 Å². The van der Waals surface area contributed by atoms with E-state index in [1.807, 2.05) is 5.38 Å². The Bertz CT molecular complexity index is 139. The van der Waals surface area contributed by atoms with Crippen LogP contribution in [0.4, 0.5) is 0 Å². The minimum absolute atomic E-state index is 0. The zero-order chi connectivity index (χ0) is 7.11. The van der Waals surface area contributed by atoms with E-state index < -0.39 is 8.25 Å². The summed E-state index contributed by atoms with van der Waals surface area (Å²) in [6.45, 7) is 0. The second-order valence-electron chi connectivity index (χ2n) is 0.958. The summed E-state index contributed by atoms with van der Waals surface area (Å²) >= 11 is 1.60. The first-order valence-corrected chi connectivity index (χ1v) is 4.22. The van der Waals surface area contributed by atoms with E-state index in [1.165, 1.54) is 0 Å². The van der Waals surface area contributed by atoms with Crippen molar-refractivity contribution in [3.8, 4) is 0 Å². The van der Waals surface area contributed by atoms with Gasteiger partial charge in [-0.3, -0.25) is 9.55 Å². The molecule has 0 aliphatic carbocycles. The molecule has 0 amide bonds. The summed E-state index contributed by atoms with van der Waals surface area (Å²) in [4.78, 5) is 18.1. The van der Waals surface area contributed by atoms with Crippen LogP contribution in [0.3, 0.4) is 0 Å². The molecule has 0 aromatic carbocycles. The van der Waals surface area contributed by atoms with Gasteiger partial charge in [0.25, 0.3) is 0 Å². The maximum atomic E-state index is 8.74. The molecule has 8 heteroatoms. The topological polar surface area (TPSA) is 102 Å². The van der Waals surface area contributed by atoms with Crippen LogP contribution < -0.4 is 0 Å². The number of nitrogens with zero attached hydrogens (tertiary/aromatic N) is 1. The predicted octanol–water partition coefficient (Wildman–Crippen LogP) is -0.969. The third kappa shape index (κ3) is 24.6. The summed E-state index contributed by atoms with van der Waals surface area (Å²) < 4.78 is 8.74. The largest absolute Gasteiger partial charge is 0.253 e. The summed E-state index contributed by atoms with van der Waals surface area (Å²) in [5.74, 6) is 0. The molecule has 11 heavy (non-hydrogen) atoms. The maximum absolute atomic E-state index is 8.74. The van der Waals surface area contributed by atoms with Crippen molar-refractivity contribution in [3.05, 3.63) is 17.1 Å². The zero-order valence-corrected chi connectivity index (χ0v) is 6.71. The molecule has 1 heterocycles. The van der Waals surface area contributed by atoms with Gasteiger partial charge in [0, 0.05) is 11.6 Å². The number of hydrogen-bond acceptors (Lipinski definition) is 3. The van der Waals surface area contributed by atoms with E-state index in [-0.39, 0.29) is 56.9 Å². The molecule has 1 aromatic heterocycles. The van der Waals surface area contributed by atoms with Crippen LogP contribution in [-0.4, -0.2) is 71.6 Å². The first-order chi connectivity index (χ1) is 4.23. The molecule has 1 rings (SSSR count). The molecule has 0 radical (unpaired) electrons. The number of hydrogen-bond donors (Lipinski definition) is 2. The minimum Gasteiger partial charge on any atom is -0.253 e. The Balaban J connectivity index is -0.000000101. The molecule has 0 spiro atoms. The average Bonchev–Trinajstić information content (AvgIpc) is 2.11. The minimum atomic E-state index is -3.13. The van der Waals surface area contributed by atoms with Gasteiger partial charge < -0.3 is 15.3 Å². The van der Waals surface area contributed by atoms with Gasteiger partial charge in [-0.1, -0.05) is 0 Å². The van der Waals surface area contributed by atoms with Crippen molar-refractivity contribution < 1.29 is 19.8 Å². The predicted molar refractivity (Wildman–Crippen MR) is 46.3 cm³/mol. The summed E-state index contributed by atoms with van der Waals surface area (Å²) in [7, 11) is -3.13. The first-order valence-electron chi connectivity index (χ1n) is 1.97. The van der Waals surface area contributed by atoms with Gasteiger partial charge in [0.15, 0.2) is 0 Å². The summed E-state index contributed by atoms with van der Waals surface area (Å²) in [6, 6.07) is 0. The average molecular weight is 225 g/mol. The molecule has 0 fully saturated rings. The van der Waals surface area contributed by atoms with E-state index in [4.69, 9.17) is 14.4 Å². The van der Waals surface area contributed by atoms with Crippen LogP contribution in [0.1, 0.15) is 0 Å². The van der Waals surface area contributed by atoms with Gasteiger partial charge in [0.2, 0.25) is 0 Å². The van der Waals surface area contributed by atoms with Gasteiger partial charge in [-0.2, -0.15) is 0 Å². The molecule has 0 aliphatic rings. The standard InChI is InChI=1S/C3H3NS.K.H3O3P.H2O.H/c1-2-5-3-4-1;;1-4(2)3;;/h1-3H;;4H,(H2,1,2,3);1H2;. The van der Waals surface area contributed by atoms with Gasteiger partial charge in [-0.15, -0.1) is 11.3 Å². The van der Waals surface area contributed by atoms with Crippen LogP contribution in [0.15, 0.2) is 17.1 Å². The van der Waals surface area contributed by atoms with E-state index in [0.717, 1.165) is 0 Å². The molecule has 1 aromatic rings. The Hall–Kier alpha value is 1.38. The van der Waals surface area contributed by atoms with E-state index in [2.05, 4.69) is 4.98 Å². The van der Waals surface area contributed by atoms with Crippen LogP contribution in [0.5, 0.6) is 0 Å². The van der Waals surface area contributed by atoms with E-state index in [9.17, 15) is 0 Å². The molecule has 0 unspecified atom stereocenters. The van der Waals surface area contributed by atoms with Gasteiger partial charge in [-0.25, -0.2) is 0 Å². The number of rotatable bonds is 0. The first kappa shape index (κ1) is 18.2. The monoisotopic (exact) mass is 225 g/mol. The van der Waals surface area contributed by atoms with Crippen molar-refractivity contribution in [3.63, 3.8) is 0 Å². The normalized spacial score (nSPS) is 6.82. The molecular weight excluding hydrogens is 216 g/mol. The van der Waals surface area contributed by atoms with Gasteiger partial charge in [0.1, 0.15) is 0 Å². The molecule has 0 bridgehead atoms. The third-order valence-corrected chi connectivity index (χ3v) is 0.869.